The highest BCUT2D eigenvalue weighted by Crippen LogP contribution is 2.45. The van der Waals surface area contributed by atoms with E-state index >= 15 is 0 Å². The van der Waals surface area contributed by atoms with Crippen LogP contribution in [0.5, 0.6) is 0 Å². The number of carbonyl (C=O) groups excluding carboxylic acids is 3. The molecule has 0 aliphatic carbocycles. The largest absolute Gasteiger partial charge is 0.444 e. The molecule has 29 heavy (non-hydrogen) atoms. The summed E-state index contributed by atoms with van der Waals surface area (Å²) >= 11 is 0. The fraction of sp³-hybridized carbons (Fsp3) is 0.773. The first-order valence-corrected chi connectivity index (χ1v) is 10.6. The number of ether oxygens (including phenoxy) is 1. The third-order valence-electron chi connectivity index (χ3n) is 5.88. The maximum atomic E-state index is 12.6. The summed E-state index contributed by atoms with van der Waals surface area (Å²) in [6, 6.07) is 0.129. The lowest BCUT2D eigenvalue weighted by molar-refractivity contribution is -0.140. The predicted molar refractivity (Wildman–Crippen MR) is 112 cm³/mol. The van der Waals surface area contributed by atoms with Crippen LogP contribution in [0.4, 0.5) is 4.79 Å². The molecule has 0 aromatic carbocycles. The Morgan fingerprint density at radius 2 is 1.79 bits per heavy atom. The predicted octanol–water partition coefficient (Wildman–Crippen LogP) is 2.91. The van der Waals surface area contributed by atoms with Gasteiger partial charge in [0, 0.05) is 37.6 Å². The third kappa shape index (κ3) is 5.52. The van der Waals surface area contributed by atoms with Crippen molar-refractivity contribution in [3.63, 3.8) is 0 Å². The van der Waals surface area contributed by atoms with Crippen molar-refractivity contribution in [3.8, 4) is 0 Å². The first-order valence-electron chi connectivity index (χ1n) is 10.6. The van der Waals surface area contributed by atoms with Gasteiger partial charge < -0.3 is 19.4 Å². The SMILES string of the molecule is C=CC(=O)N(CC)CC(=O)N1CCC(C2N(C(=O)OC(C)(C)C)CC2(C)C)CC1. The molecule has 1 unspecified atom stereocenters. The molecule has 7 heteroatoms. The molecule has 2 aliphatic rings. The van der Waals surface area contributed by atoms with Crippen LogP contribution in [0.1, 0.15) is 54.4 Å². The Morgan fingerprint density at radius 3 is 2.24 bits per heavy atom. The van der Waals surface area contributed by atoms with E-state index in [0.717, 1.165) is 12.8 Å². The van der Waals surface area contributed by atoms with Crippen LogP contribution >= 0.6 is 0 Å². The lowest BCUT2D eigenvalue weighted by Gasteiger charge is -2.58. The summed E-state index contributed by atoms with van der Waals surface area (Å²) < 4.78 is 5.58. The van der Waals surface area contributed by atoms with Gasteiger partial charge in [-0.2, -0.15) is 0 Å². The van der Waals surface area contributed by atoms with Crippen LogP contribution in [0.2, 0.25) is 0 Å². The molecule has 2 heterocycles. The van der Waals surface area contributed by atoms with E-state index in [1.807, 2.05) is 37.5 Å². The topological polar surface area (TPSA) is 70.2 Å². The molecule has 3 amide bonds. The van der Waals surface area contributed by atoms with Crippen LogP contribution in [0.3, 0.4) is 0 Å². The van der Waals surface area contributed by atoms with Gasteiger partial charge in [0.1, 0.15) is 5.60 Å². The van der Waals surface area contributed by atoms with Gasteiger partial charge in [-0.05, 0) is 52.5 Å². The molecule has 0 saturated carbocycles. The molecule has 0 aromatic heterocycles. The number of hydrogen-bond donors (Lipinski definition) is 0. The molecule has 2 saturated heterocycles. The third-order valence-corrected chi connectivity index (χ3v) is 5.88. The van der Waals surface area contributed by atoms with Crippen molar-refractivity contribution in [1.82, 2.24) is 14.7 Å². The number of piperidine rings is 1. The maximum Gasteiger partial charge on any atom is 0.410 e. The van der Waals surface area contributed by atoms with Crippen LogP contribution in [-0.2, 0) is 14.3 Å². The van der Waals surface area contributed by atoms with Crippen molar-refractivity contribution in [2.75, 3.05) is 32.7 Å². The van der Waals surface area contributed by atoms with Crippen molar-refractivity contribution in [3.05, 3.63) is 12.7 Å². The Balaban J connectivity index is 1.94. The van der Waals surface area contributed by atoms with Crippen molar-refractivity contribution >= 4 is 17.9 Å². The maximum absolute atomic E-state index is 12.6. The summed E-state index contributed by atoms with van der Waals surface area (Å²) in [4.78, 5) is 42.2. The molecule has 2 rings (SSSR count). The second kappa shape index (κ2) is 8.76. The number of likely N-dealkylation sites (N-methyl/N-ethyl adjacent to an activating group) is 1. The Kier molecular flexibility index (Phi) is 7.01. The summed E-state index contributed by atoms with van der Waals surface area (Å²) in [7, 11) is 0. The van der Waals surface area contributed by atoms with E-state index < -0.39 is 5.60 Å². The van der Waals surface area contributed by atoms with Crippen molar-refractivity contribution in [2.24, 2.45) is 11.3 Å². The molecule has 0 bridgehead atoms. The average molecular weight is 408 g/mol. The Bertz CT molecular complexity index is 645. The first-order chi connectivity index (χ1) is 13.4. The Hall–Kier alpha value is -2.05. The van der Waals surface area contributed by atoms with E-state index in [2.05, 4.69) is 20.4 Å². The van der Waals surface area contributed by atoms with Crippen LogP contribution in [0.15, 0.2) is 12.7 Å². The van der Waals surface area contributed by atoms with Gasteiger partial charge in [-0.15, -0.1) is 0 Å². The molecule has 164 valence electrons. The van der Waals surface area contributed by atoms with Crippen LogP contribution < -0.4 is 0 Å². The number of carbonyl (C=O) groups is 3. The van der Waals surface area contributed by atoms with Gasteiger partial charge in [0.15, 0.2) is 0 Å². The van der Waals surface area contributed by atoms with Gasteiger partial charge in [0.2, 0.25) is 11.8 Å². The second-order valence-corrected chi connectivity index (χ2v) is 9.82. The highest BCUT2D eigenvalue weighted by molar-refractivity contribution is 5.90. The van der Waals surface area contributed by atoms with E-state index in [9.17, 15) is 14.4 Å². The molecule has 0 spiro atoms. The Labute approximate surface area is 175 Å². The molecular formula is C22H37N3O4. The first kappa shape index (κ1) is 23.2. The minimum absolute atomic E-state index is 0.0302. The van der Waals surface area contributed by atoms with E-state index in [0.29, 0.717) is 32.1 Å². The van der Waals surface area contributed by atoms with Crippen LogP contribution in [0, 0.1) is 11.3 Å². The van der Waals surface area contributed by atoms with E-state index in [4.69, 9.17) is 4.74 Å². The quantitative estimate of drug-likeness (QED) is 0.657. The zero-order valence-electron chi connectivity index (χ0n) is 18.9. The fourth-order valence-electron chi connectivity index (χ4n) is 4.53. The van der Waals surface area contributed by atoms with Gasteiger partial charge in [-0.1, -0.05) is 20.4 Å². The molecule has 7 nitrogen and oxygen atoms in total. The molecule has 2 aliphatic heterocycles. The van der Waals surface area contributed by atoms with Crippen LogP contribution in [-0.4, -0.2) is 77.0 Å². The Morgan fingerprint density at radius 1 is 1.21 bits per heavy atom. The average Bonchev–Trinajstić information content (AvgIpc) is 2.62. The summed E-state index contributed by atoms with van der Waals surface area (Å²) in [5, 5.41) is 0. The van der Waals surface area contributed by atoms with Crippen molar-refractivity contribution < 1.29 is 19.1 Å². The summed E-state index contributed by atoms with van der Waals surface area (Å²) in [5.41, 5.74) is -0.464. The molecule has 0 aromatic rings. The lowest BCUT2D eigenvalue weighted by Crippen LogP contribution is -2.68. The molecular weight excluding hydrogens is 370 g/mol. The number of hydrogen-bond acceptors (Lipinski definition) is 4. The van der Waals surface area contributed by atoms with Gasteiger partial charge in [0.25, 0.3) is 0 Å². The zero-order valence-corrected chi connectivity index (χ0v) is 18.9. The van der Waals surface area contributed by atoms with E-state index in [-0.39, 0.29) is 35.9 Å². The minimum Gasteiger partial charge on any atom is -0.444 e. The summed E-state index contributed by atoms with van der Waals surface area (Å²) in [6.07, 6.45) is 2.69. The number of nitrogens with zero attached hydrogens (tertiary/aromatic N) is 3. The normalized spacial score (nSPS) is 21.9. The molecule has 0 N–H and O–H groups in total. The molecule has 0 radical (unpaired) electrons. The monoisotopic (exact) mass is 407 g/mol. The van der Waals surface area contributed by atoms with E-state index in [1.54, 1.807) is 0 Å². The highest BCUT2D eigenvalue weighted by atomic mass is 16.6. The smallest absolute Gasteiger partial charge is 0.410 e. The standard InChI is InChI=1S/C22H37N3O4/c1-8-17(26)23(9-2)14-18(27)24-12-10-16(11-13-24)19-22(6,7)15-25(19)20(28)29-21(3,4)5/h8,16,19H,1,9-15H2,2-7H3. The van der Waals surface area contributed by atoms with Gasteiger partial charge in [-0.3, -0.25) is 9.59 Å². The van der Waals surface area contributed by atoms with Gasteiger partial charge >= 0.3 is 6.09 Å². The number of likely N-dealkylation sites (tertiary alicyclic amines) is 2. The summed E-state index contributed by atoms with van der Waals surface area (Å²) in [5.74, 6) is 0.0877. The number of amides is 3. The van der Waals surface area contributed by atoms with E-state index in [1.165, 1.54) is 11.0 Å². The van der Waals surface area contributed by atoms with Crippen molar-refractivity contribution in [2.45, 2.75) is 66.0 Å². The zero-order chi connectivity index (χ0) is 22.0. The lowest BCUT2D eigenvalue weighted by atomic mass is 9.67. The van der Waals surface area contributed by atoms with Gasteiger partial charge in [0.05, 0.1) is 6.54 Å². The second-order valence-electron chi connectivity index (χ2n) is 9.82. The minimum atomic E-state index is -0.509. The summed E-state index contributed by atoms with van der Waals surface area (Å²) in [6.45, 7) is 17.9. The molecule has 1 atom stereocenters. The highest BCUT2D eigenvalue weighted by Gasteiger charge is 2.53. The molecule has 2 fully saturated rings. The number of rotatable bonds is 5. The fourth-order valence-corrected chi connectivity index (χ4v) is 4.53. The van der Waals surface area contributed by atoms with Crippen LogP contribution in [0.25, 0.3) is 0 Å². The van der Waals surface area contributed by atoms with Gasteiger partial charge in [-0.25, -0.2) is 4.79 Å². The van der Waals surface area contributed by atoms with Crippen molar-refractivity contribution in [1.29, 1.82) is 0 Å².